The van der Waals surface area contributed by atoms with Crippen LogP contribution in [0.2, 0.25) is 0 Å². The van der Waals surface area contributed by atoms with Crippen LogP contribution in [-0.4, -0.2) is 20.5 Å². The molecule has 4 nitrogen and oxygen atoms in total. The number of rotatable bonds is 6. The monoisotopic (exact) mass is 257 g/mol. The lowest BCUT2D eigenvalue weighted by Crippen LogP contribution is -2.09. The number of hydrogen-bond acceptors (Lipinski definition) is 3. The van der Waals surface area contributed by atoms with Crippen LogP contribution < -0.4 is 0 Å². The molecule has 2 rings (SSSR count). The summed E-state index contributed by atoms with van der Waals surface area (Å²) in [6.07, 6.45) is 7.23. The number of pyridine rings is 1. The van der Waals surface area contributed by atoms with Crippen molar-refractivity contribution < 1.29 is 4.79 Å². The molecular formula is C15H19N3O. The zero-order chi connectivity index (χ0) is 13.7. The average Bonchev–Trinajstić information content (AvgIpc) is 2.87. The number of aromatic nitrogens is 3. The summed E-state index contributed by atoms with van der Waals surface area (Å²) in [6, 6.07) is 6.07. The molecule has 0 aliphatic heterocycles. The topological polar surface area (TPSA) is 47.8 Å². The van der Waals surface area contributed by atoms with Gasteiger partial charge in [0, 0.05) is 31.1 Å². The maximum absolute atomic E-state index is 12.0. The third-order valence-corrected chi connectivity index (χ3v) is 3.21. The van der Waals surface area contributed by atoms with E-state index < -0.39 is 0 Å². The van der Waals surface area contributed by atoms with Crippen LogP contribution in [0, 0.1) is 0 Å². The zero-order valence-electron chi connectivity index (χ0n) is 11.4. The quantitative estimate of drug-likeness (QED) is 0.799. The normalized spacial score (nSPS) is 12.3. The standard InChI is InChI=1S/C15H19N3O/c1-3-12(2)18-8-6-14(17-18)10-15(19)9-13-5-4-7-16-11-13/h4-8,11-12H,3,9-10H2,1-2H3. The third kappa shape index (κ3) is 3.74. The fourth-order valence-corrected chi connectivity index (χ4v) is 1.90. The van der Waals surface area contributed by atoms with E-state index in [0.717, 1.165) is 17.7 Å². The summed E-state index contributed by atoms with van der Waals surface area (Å²) < 4.78 is 1.92. The molecule has 0 spiro atoms. The van der Waals surface area contributed by atoms with E-state index >= 15 is 0 Å². The zero-order valence-corrected chi connectivity index (χ0v) is 11.4. The number of carbonyl (C=O) groups excluding carboxylic acids is 1. The molecule has 0 aromatic carbocycles. The van der Waals surface area contributed by atoms with Gasteiger partial charge in [-0.2, -0.15) is 5.10 Å². The number of hydrogen-bond donors (Lipinski definition) is 0. The van der Waals surface area contributed by atoms with Crippen molar-refractivity contribution >= 4 is 5.78 Å². The van der Waals surface area contributed by atoms with Crippen molar-refractivity contribution in [3.63, 3.8) is 0 Å². The van der Waals surface area contributed by atoms with Crippen molar-refractivity contribution in [3.05, 3.63) is 48.0 Å². The summed E-state index contributed by atoms with van der Waals surface area (Å²) in [4.78, 5) is 16.0. The van der Waals surface area contributed by atoms with Crippen molar-refractivity contribution in [1.29, 1.82) is 0 Å². The number of carbonyl (C=O) groups is 1. The molecule has 1 unspecified atom stereocenters. The van der Waals surface area contributed by atoms with Crippen LogP contribution in [0.3, 0.4) is 0 Å². The van der Waals surface area contributed by atoms with Gasteiger partial charge >= 0.3 is 0 Å². The molecular weight excluding hydrogens is 238 g/mol. The van der Waals surface area contributed by atoms with Gasteiger partial charge in [0.15, 0.2) is 0 Å². The lowest BCUT2D eigenvalue weighted by atomic mass is 10.1. The minimum absolute atomic E-state index is 0.169. The Labute approximate surface area is 113 Å². The van der Waals surface area contributed by atoms with Gasteiger partial charge in [-0.05, 0) is 31.0 Å². The Hall–Kier alpha value is -1.97. The highest BCUT2D eigenvalue weighted by Crippen LogP contribution is 2.10. The Morgan fingerprint density at radius 1 is 1.37 bits per heavy atom. The van der Waals surface area contributed by atoms with Gasteiger partial charge in [0.05, 0.1) is 12.1 Å². The fraction of sp³-hybridized carbons (Fsp3) is 0.400. The molecule has 0 radical (unpaired) electrons. The summed E-state index contributed by atoms with van der Waals surface area (Å²) in [5, 5.41) is 4.44. The Morgan fingerprint density at radius 3 is 2.89 bits per heavy atom. The third-order valence-electron chi connectivity index (χ3n) is 3.21. The minimum atomic E-state index is 0.169. The van der Waals surface area contributed by atoms with E-state index in [9.17, 15) is 4.79 Å². The van der Waals surface area contributed by atoms with Gasteiger partial charge < -0.3 is 0 Å². The number of Topliss-reactive ketones (excluding diaryl/α,β-unsaturated/α-hetero) is 1. The number of ketones is 1. The Kier molecular flexibility index (Phi) is 4.44. The molecule has 0 bridgehead atoms. The second kappa shape index (κ2) is 6.27. The van der Waals surface area contributed by atoms with E-state index in [4.69, 9.17) is 0 Å². The lowest BCUT2D eigenvalue weighted by Gasteiger charge is -2.08. The fourth-order valence-electron chi connectivity index (χ4n) is 1.90. The van der Waals surface area contributed by atoms with Crippen LogP contribution in [0.4, 0.5) is 0 Å². The van der Waals surface area contributed by atoms with Crippen molar-refractivity contribution in [2.24, 2.45) is 0 Å². The van der Waals surface area contributed by atoms with Crippen LogP contribution in [0.1, 0.15) is 37.6 Å². The van der Waals surface area contributed by atoms with Crippen LogP contribution in [0.15, 0.2) is 36.8 Å². The van der Waals surface area contributed by atoms with Gasteiger partial charge in [0.2, 0.25) is 0 Å². The Bertz CT molecular complexity index is 533. The average molecular weight is 257 g/mol. The minimum Gasteiger partial charge on any atom is -0.299 e. The van der Waals surface area contributed by atoms with Crippen LogP contribution in [0.5, 0.6) is 0 Å². The molecule has 0 aliphatic carbocycles. The number of nitrogens with zero attached hydrogens (tertiary/aromatic N) is 3. The van der Waals surface area contributed by atoms with E-state index in [2.05, 4.69) is 23.9 Å². The summed E-state index contributed by atoms with van der Waals surface area (Å²) >= 11 is 0. The highest BCUT2D eigenvalue weighted by molar-refractivity contribution is 5.82. The molecule has 100 valence electrons. The van der Waals surface area contributed by atoms with Crippen molar-refractivity contribution in [2.45, 2.75) is 39.2 Å². The molecule has 0 saturated heterocycles. The summed E-state index contributed by atoms with van der Waals surface area (Å²) in [5.74, 6) is 0.169. The van der Waals surface area contributed by atoms with Gasteiger partial charge in [-0.25, -0.2) is 0 Å². The van der Waals surface area contributed by atoms with Crippen molar-refractivity contribution in [1.82, 2.24) is 14.8 Å². The van der Waals surface area contributed by atoms with Gasteiger partial charge in [-0.1, -0.05) is 13.0 Å². The first-order valence-electron chi connectivity index (χ1n) is 6.63. The smallest absolute Gasteiger partial charge is 0.143 e. The van der Waals surface area contributed by atoms with E-state index in [-0.39, 0.29) is 5.78 Å². The molecule has 0 saturated carbocycles. The van der Waals surface area contributed by atoms with Crippen LogP contribution in [-0.2, 0) is 17.6 Å². The predicted molar refractivity (Wildman–Crippen MR) is 73.9 cm³/mol. The first-order chi connectivity index (χ1) is 9.19. The highest BCUT2D eigenvalue weighted by Gasteiger charge is 2.09. The van der Waals surface area contributed by atoms with Crippen molar-refractivity contribution in [3.8, 4) is 0 Å². The molecule has 2 heterocycles. The van der Waals surface area contributed by atoms with E-state index in [1.165, 1.54) is 0 Å². The molecule has 4 heteroatoms. The van der Waals surface area contributed by atoms with E-state index in [0.29, 0.717) is 18.9 Å². The Morgan fingerprint density at radius 2 is 2.21 bits per heavy atom. The molecule has 1 atom stereocenters. The predicted octanol–water partition coefficient (Wildman–Crippen LogP) is 2.60. The van der Waals surface area contributed by atoms with Gasteiger partial charge in [0.1, 0.15) is 5.78 Å². The Balaban J connectivity index is 1.94. The molecule has 0 N–H and O–H groups in total. The summed E-state index contributed by atoms with van der Waals surface area (Å²) in [5.41, 5.74) is 1.79. The van der Waals surface area contributed by atoms with E-state index in [1.807, 2.05) is 29.1 Å². The molecule has 0 amide bonds. The second-order valence-corrected chi connectivity index (χ2v) is 4.80. The maximum Gasteiger partial charge on any atom is 0.143 e. The molecule has 2 aromatic rings. The molecule has 19 heavy (non-hydrogen) atoms. The van der Waals surface area contributed by atoms with Crippen molar-refractivity contribution in [2.75, 3.05) is 0 Å². The van der Waals surface area contributed by atoms with Crippen LogP contribution >= 0.6 is 0 Å². The van der Waals surface area contributed by atoms with Gasteiger partial charge in [-0.3, -0.25) is 14.5 Å². The first kappa shape index (κ1) is 13.5. The lowest BCUT2D eigenvalue weighted by molar-refractivity contribution is -0.117. The van der Waals surface area contributed by atoms with Crippen LogP contribution in [0.25, 0.3) is 0 Å². The summed E-state index contributed by atoms with van der Waals surface area (Å²) in [6.45, 7) is 4.24. The molecule has 0 fully saturated rings. The summed E-state index contributed by atoms with van der Waals surface area (Å²) in [7, 11) is 0. The molecule has 2 aromatic heterocycles. The van der Waals surface area contributed by atoms with Gasteiger partial charge in [0.25, 0.3) is 0 Å². The highest BCUT2D eigenvalue weighted by atomic mass is 16.1. The largest absolute Gasteiger partial charge is 0.299 e. The second-order valence-electron chi connectivity index (χ2n) is 4.80. The maximum atomic E-state index is 12.0. The van der Waals surface area contributed by atoms with Gasteiger partial charge in [-0.15, -0.1) is 0 Å². The van der Waals surface area contributed by atoms with E-state index in [1.54, 1.807) is 12.4 Å². The SMILES string of the molecule is CCC(C)n1ccc(CC(=O)Cc2cccnc2)n1. The molecule has 0 aliphatic rings. The first-order valence-corrected chi connectivity index (χ1v) is 6.63.